The number of nitrogens with zero attached hydrogens (tertiary/aromatic N) is 2. The fourth-order valence-corrected chi connectivity index (χ4v) is 3.80. The van der Waals surface area contributed by atoms with Gasteiger partial charge in [0.2, 0.25) is 0 Å². The Balaban J connectivity index is 1.80. The highest BCUT2D eigenvalue weighted by molar-refractivity contribution is 7.84. The molecule has 1 N–H and O–H groups in total. The van der Waals surface area contributed by atoms with Crippen LogP contribution in [0.1, 0.15) is 17.5 Å². The Morgan fingerprint density at radius 1 is 1.14 bits per heavy atom. The molecule has 1 aromatic heterocycles. The Hall–Kier alpha value is -3.14. The largest absolute Gasteiger partial charge is 0.457 e. The molecular weight excluding hydrogens is 406 g/mol. The molecule has 1 aliphatic rings. The Kier molecular flexibility index (Phi) is 5.10. The van der Waals surface area contributed by atoms with E-state index in [2.05, 4.69) is 17.9 Å². The predicted octanol–water partition coefficient (Wildman–Crippen LogP) is 5.21. The van der Waals surface area contributed by atoms with Crippen molar-refractivity contribution in [1.29, 1.82) is 5.26 Å². The number of amides is 1. The van der Waals surface area contributed by atoms with Crippen molar-refractivity contribution in [2.24, 2.45) is 0 Å². The van der Waals surface area contributed by atoms with Gasteiger partial charge in [0, 0.05) is 11.3 Å². The number of anilines is 1. The zero-order chi connectivity index (χ0) is 20.5. The first-order valence-corrected chi connectivity index (χ1v) is 9.67. The van der Waals surface area contributed by atoms with E-state index in [9.17, 15) is 10.1 Å². The third-order valence-corrected chi connectivity index (χ3v) is 5.43. The third-order valence-electron chi connectivity index (χ3n) is 4.66. The number of carbonyl (C=O) groups is 1. The Bertz CT molecular complexity index is 1160. The number of rotatable bonds is 3. The first-order chi connectivity index (χ1) is 14.0. The molecule has 0 radical (unpaired) electrons. The molecule has 29 heavy (non-hydrogen) atoms. The summed E-state index contributed by atoms with van der Waals surface area (Å²) in [5, 5.41) is 13.1. The average molecular weight is 422 g/mol. The molecule has 0 fully saturated rings. The lowest BCUT2D eigenvalue weighted by Crippen LogP contribution is -2.45. The average Bonchev–Trinajstić information content (AvgIpc) is 3.19. The van der Waals surface area contributed by atoms with Crippen LogP contribution in [-0.4, -0.2) is 5.91 Å². The fourth-order valence-electron chi connectivity index (χ4n) is 3.19. The SMILES string of the molecule is Cc1ccc(N2C(S)=C(C#N)C(=O)NC2c2ccc(-c3ccccc3Cl)o2)cc1. The van der Waals surface area contributed by atoms with Gasteiger partial charge in [0.1, 0.15) is 23.2 Å². The number of hydrogen-bond donors (Lipinski definition) is 2. The number of nitriles is 1. The minimum absolute atomic E-state index is 0.0527. The van der Waals surface area contributed by atoms with Crippen LogP contribution in [0.2, 0.25) is 5.02 Å². The molecule has 1 unspecified atom stereocenters. The zero-order valence-corrected chi connectivity index (χ0v) is 17.0. The number of nitrogens with one attached hydrogen (secondary N) is 1. The quantitative estimate of drug-likeness (QED) is 0.569. The molecule has 0 aliphatic carbocycles. The fraction of sp³-hybridized carbons (Fsp3) is 0.0909. The predicted molar refractivity (Wildman–Crippen MR) is 115 cm³/mol. The highest BCUT2D eigenvalue weighted by Gasteiger charge is 2.35. The highest BCUT2D eigenvalue weighted by Crippen LogP contribution is 2.38. The van der Waals surface area contributed by atoms with Crippen molar-refractivity contribution >= 4 is 35.8 Å². The van der Waals surface area contributed by atoms with Gasteiger partial charge < -0.3 is 14.6 Å². The maximum Gasteiger partial charge on any atom is 0.266 e. The summed E-state index contributed by atoms with van der Waals surface area (Å²) in [5.74, 6) is 0.582. The lowest BCUT2D eigenvalue weighted by atomic mass is 10.1. The number of thiol groups is 1. The van der Waals surface area contributed by atoms with E-state index in [1.807, 2.05) is 55.5 Å². The van der Waals surface area contributed by atoms with E-state index in [4.69, 9.17) is 16.0 Å². The van der Waals surface area contributed by atoms with Gasteiger partial charge in [-0.25, -0.2) is 0 Å². The van der Waals surface area contributed by atoms with Gasteiger partial charge in [-0.3, -0.25) is 4.79 Å². The first kappa shape index (κ1) is 19.2. The number of halogens is 1. The molecule has 0 saturated heterocycles. The normalized spacial score (nSPS) is 16.6. The number of hydrogen-bond acceptors (Lipinski definition) is 5. The van der Waals surface area contributed by atoms with Crippen LogP contribution in [0.3, 0.4) is 0 Å². The number of carbonyl (C=O) groups excluding carboxylic acids is 1. The summed E-state index contributed by atoms with van der Waals surface area (Å²) >= 11 is 10.8. The monoisotopic (exact) mass is 421 g/mol. The first-order valence-electron chi connectivity index (χ1n) is 8.84. The van der Waals surface area contributed by atoms with Gasteiger partial charge in [0.15, 0.2) is 6.17 Å². The molecule has 1 amide bonds. The van der Waals surface area contributed by atoms with Gasteiger partial charge in [0.25, 0.3) is 5.91 Å². The summed E-state index contributed by atoms with van der Waals surface area (Å²) in [7, 11) is 0. The second kappa shape index (κ2) is 7.70. The molecule has 0 bridgehead atoms. The zero-order valence-electron chi connectivity index (χ0n) is 15.4. The molecule has 0 saturated carbocycles. The van der Waals surface area contributed by atoms with E-state index >= 15 is 0 Å². The second-order valence-electron chi connectivity index (χ2n) is 6.57. The van der Waals surface area contributed by atoms with Gasteiger partial charge in [-0.1, -0.05) is 41.4 Å². The lowest BCUT2D eigenvalue weighted by Gasteiger charge is -2.36. The van der Waals surface area contributed by atoms with Crippen LogP contribution in [0.5, 0.6) is 0 Å². The molecule has 4 rings (SSSR count). The smallest absolute Gasteiger partial charge is 0.266 e. The molecule has 2 heterocycles. The van der Waals surface area contributed by atoms with Crippen LogP contribution in [0.15, 0.2) is 75.7 Å². The lowest BCUT2D eigenvalue weighted by molar-refractivity contribution is -0.118. The van der Waals surface area contributed by atoms with Gasteiger partial charge in [-0.2, -0.15) is 5.26 Å². The maximum atomic E-state index is 12.5. The highest BCUT2D eigenvalue weighted by atomic mass is 35.5. The molecule has 1 atom stereocenters. The minimum Gasteiger partial charge on any atom is -0.457 e. The van der Waals surface area contributed by atoms with Crippen molar-refractivity contribution in [3.05, 3.63) is 87.6 Å². The van der Waals surface area contributed by atoms with Gasteiger partial charge >= 0.3 is 0 Å². The minimum atomic E-state index is -0.661. The third kappa shape index (κ3) is 3.51. The Morgan fingerprint density at radius 3 is 2.55 bits per heavy atom. The summed E-state index contributed by atoms with van der Waals surface area (Å²) in [6.07, 6.45) is -0.661. The van der Waals surface area contributed by atoms with Gasteiger partial charge in [-0.05, 0) is 43.3 Å². The molecule has 2 aromatic carbocycles. The van der Waals surface area contributed by atoms with Crippen LogP contribution >= 0.6 is 24.2 Å². The van der Waals surface area contributed by atoms with Gasteiger partial charge in [0.05, 0.1) is 10.1 Å². The van der Waals surface area contributed by atoms with Crippen molar-refractivity contribution in [2.75, 3.05) is 4.90 Å². The number of aryl methyl sites for hydroxylation is 1. The van der Waals surface area contributed by atoms with Crippen molar-refractivity contribution in [2.45, 2.75) is 13.1 Å². The van der Waals surface area contributed by atoms with Crippen molar-refractivity contribution in [3.8, 4) is 17.4 Å². The van der Waals surface area contributed by atoms with Gasteiger partial charge in [-0.15, -0.1) is 12.6 Å². The summed E-state index contributed by atoms with van der Waals surface area (Å²) in [6, 6.07) is 20.6. The van der Waals surface area contributed by atoms with E-state index in [1.54, 1.807) is 23.1 Å². The van der Waals surface area contributed by atoms with E-state index in [0.717, 1.165) is 16.8 Å². The van der Waals surface area contributed by atoms with E-state index in [1.165, 1.54) is 0 Å². The maximum absolute atomic E-state index is 12.5. The van der Waals surface area contributed by atoms with Crippen LogP contribution in [0, 0.1) is 18.3 Å². The summed E-state index contributed by atoms with van der Waals surface area (Å²) in [5.41, 5.74) is 2.57. The summed E-state index contributed by atoms with van der Waals surface area (Å²) in [4.78, 5) is 14.2. The summed E-state index contributed by atoms with van der Waals surface area (Å²) in [6.45, 7) is 1.99. The molecule has 7 heteroatoms. The van der Waals surface area contributed by atoms with Crippen LogP contribution in [0.25, 0.3) is 11.3 Å². The van der Waals surface area contributed by atoms with Crippen LogP contribution in [-0.2, 0) is 4.79 Å². The Labute approximate surface area is 178 Å². The number of benzene rings is 2. The molecule has 3 aromatic rings. The van der Waals surface area contributed by atoms with Crippen LogP contribution < -0.4 is 10.2 Å². The van der Waals surface area contributed by atoms with Crippen LogP contribution in [0.4, 0.5) is 5.69 Å². The second-order valence-corrected chi connectivity index (χ2v) is 7.40. The Morgan fingerprint density at radius 2 is 1.86 bits per heavy atom. The van der Waals surface area contributed by atoms with Crippen molar-refractivity contribution in [1.82, 2.24) is 5.32 Å². The van der Waals surface area contributed by atoms with E-state index in [-0.39, 0.29) is 10.6 Å². The number of furan rings is 1. The van der Waals surface area contributed by atoms with Crippen molar-refractivity contribution < 1.29 is 9.21 Å². The van der Waals surface area contributed by atoms with Crippen molar-refractivity contribution in [3.63, 3.8) is 0 Å². The van der Waals surface area contributed by atoms with E-state index in [0.29, 0.717) is 16.5 Å². The summed E-state index contributed by atoms with van der Waals surface area (Å²) < 4.78 is 6.05. The molecule has 144 valence electrons. The molecule has 0 spiro atoms. The standard InChI is InChI=1S/C22H16ClN3O2S/c1-13-6-8-14(9-7-13)26-20(25-21(27)16(12-24)22(26)29)19-11-10-18(28-19)15-4-2-3-5-17(15)23/h2-11,20,29H,1H3,(H,25,27). The topological polar surface area (TPSA) is 69.3 Å². The molecule has 5 nitrogen and oxygen atoms in total. The molecular formula is C22H16ClN3O2S. The van der Waals surface area contributed by atoms with E-state index < -0.39 is 12.1 Å². The molecule has 1 aliphatic heterocycles.